The van der Waals surface area contributed by atoms with Gasteiger partial charge in [-0.25, -0.2) is 4.79 Å². The highest BCUT2D eigenvalue weighted by Crippen LogP contribution is 2.33. The number of hydrogen-bond acceptors (Lipinski definition) is 4. The van der Waals surface area contributed by atoms with Gasteiger partial charge < -0.3 is 15.2 Å². The lowest BCUT2D eigenvalue weighted by Gasteiger charge is -2.24. The molecule has 0 amide bonds. The number of rotatable bonds is 8. The second-order valence-electron chi connectivity index (χ2n) is 9.45. The van der Waals surface area contributed by atoms with Crippen molar-refractivity contribution in [3.63, 3.8) is 0 Å². The maximum absolute atomic E-state index is 12.9. The summed E-state index contributed by atoms with van der Waals surface area (Å²) in [5.74, 6) is 0.584. The van der Waals surface area contributed by atoms with Crippen LogP contribution in [0.1, 0.15) is 37.7 Å². The zero-order valence-corrected chi connectivity index (χ0v) is 19.8. The van der Waals surface area contributed by atoms with Crippen LogP contribution in [0.3, 0.4) is 0 Å². The number of para-hydroxylation sites is 1. The third kappa shape index (κ3) is 5.01. The maximum Gasteiger partial charge on any atom is 0.326 e. The minimum Gasteiger partial charge on any atom is -0.373 e. The molecule has 1 aliphatic rings. The van der Waals surface area contributed by atoms with Gasteiger partial charge in [0.2, 0.25) is 0 Å². The Hall–Kier alpha value is -3.54. The van der Waals surface area contributed by atoms with Crippen LogP contribution < -0.4 is 15.9 Å². The number of fused-ring (bicyclic) bond motifs is 1. The molecule has 1 aliphatic carbocycles. The molecule has 2 N–H and O–H groups in total. The van der Waals surface area contributed by atoms with Crippen molar-refractivity contribution in [2.45, 2.75) is 45.1 Å². The molecule has 6 heteroatoms. The van der Waals surface area contributed by atoms with Gasteiger partial charge in [-0.15, -0.1) is 0 Å². The Labute approximate surface area is 200 Å². The first-order valence-corrected chi connectivity index (χ1v) is 12.4. The fraction of sp³-hybridized carbons (Fsp3) is 0.357. The van der Waals surface area contributed by atoms with Crippen LogP contribution in [0.5, 0.6) is 0 Å². The first kappa shape index (κ1) is 22.3. The summed E-state index contributed by atoms with van der Waals surface area (Å²) < 4.78 is 1.96. The molecule has 2 heterocycles. The summed E-state index contributed by atoms with van der Waals surface area (Å²) >= 11 is 0. The molecule has 0 saturated heterocycles. The number of aromatic amines is 1. The van der Waals surface area contributed by atoms with Gasteiger partial charge in [0, 0.05) is 38.2 Å². The average Bonchev–Trinajstić information content (AvgIpc) is 3.17. The molecule has 4 aromatic rings. The van der Waals surface area contributed by atoms with Gasteiger partial charge in [-0.05, 0) is 67.1 Å². The van der Waals surface area contributed by atoms with E-state index in [1.165, 1.54) is 37.7 Å². The Morgan fingerprint density at radius 1 is 1.06 bits per heavy atom. The van der Waals surface area contributed by atoms with Gasteiger partial charge in [-0.2, -0.15) is 0 Å². The highest BCUT2D eigenvalue weighted by molar-refractivity contribution is 5.90. The number of nitrogens with one attached hydrogen (secondary N) is 2. The van der Waals surface area contributed by atoms with Crippen LogP contribution in [0.15, 0.2) is 71.8 Å². The smallest absolute Gasteiger partial charge is 0.326 e. The van der Waals surface area contributed by atoms with Crippen molar-refractivity contribution >= 4 is 28.1 Å². The maximum atomic E-state index is 12.9. The van der Waals surface area contributed by atoms with E-state index in [2.05, 4.69) is 63.6 Å². The third-order valence-electron chi connectivity index (χ3n) is 7.01. The summed E-state index contributed by atoms with van der Waals surface area (Å²) in [4.78, 5) is 22.4. The predicted molar refractivity (Wildman–Crippen MR) is 140 cm³/mol. The lowest BCUT2D eigenvalue weighted by atomic mass is 9.89. The van der Waals surface area contributed by atoms with Crippen molar-refractivity contribution in [1.82, 2.24) is 14.5 Å². The van der Waals surface area contributed by atoms with E-state index >= 15 is 0 Å². The van der Waals surface area contributed by atoms with Gasteiger partial charge in [0.25, 0.3) is 0 Å². The van der Waals surface area contributed by atoms with Crippen molar-refractivity contribution in [2.75, 3.05) is 23.8 Å². The third-order valence-corrected chi connectivity index (χ3v) is 7.01. The van der Waals surface area contributed by atoms with E-state index in [-0.39, 0.29) is 5.69 Å². The second-order valence-corrected chi connectivity index (χ2v) is 9.45. The van der Waals surface area contributed by atoms with Crippen LogP contribution in [0, 0.1) is 5.92 Å². The number of benzene rings is 2. The second kappa shape index (κ2) is 10.2. The van der Waals surface area contributed by atoms with Crippen molar-refractivity contribution in [3.8, 4) is 0 Å². The molecule has 6 nitrogen and oxygen atoms in total. The number of likely N-dealkylation sites (N-methyl/N-ethyl adjacent to an activating group) is 1. The van der Waals surface area contributed by atoms with E-state index in [0.29, 0.717) is 5.92 Å². The topological polar surface area (TPSA) is 66.0 Å². The summed E-state index contributed by atoms with van der Waals surface area (Å²) in [6, 6.07) is 18.6. The Kier molecular flexibility index (Phi) is 6.65. The van der Waals surface area contributed by atoms with E-state index in [0.717, 1.165) is 47.6 Å². The molecule has 34 heavy (non-hydrogen) atoms. The highest BCUT2D eigenvalue weighted by atomic mass is 16.1. The average molecular weight is 456 g/mol. The van der Waals surface area contributed by atoms with Crippen molar-refractivity contribution < 1.29 is 0 Å². The zero-order chi connectivity index (χ0) is 23.3. The lowest BCUT2D eigenvalue weighted by molar-refractivity contribution is 0.319. The first-order valence-electron chi connectivity index (χ1n) is 12.4. The van der Waals surface area contributed by atoms with Gasteiger partial charge in [0.05, 0.1) is 22.4 Å². The number of H-pyrrole nitrogens is 1. The SMILES string of the molecule is CN(CCc1ccncc1)c1cc2c(cc1Nc1ccccc1)[nH]c(=O)n2CC1CCCCC1. The summed E-state index contributed by atoms with van der Waals surface area (Å²) in [5.41, 5.74) is 6.21. The van der Waals surface area contributed by atoms with Gasteiger partial charge in [-0.1, -0.05) is 37.5 Å². The van der Waals surface area contributed by atoms with E-state index < -0.39 is 0 Å². The monoisotopic (exact) mass is 455 g/mol. The van der Waals surface area contributed by atoms with Crippen molar-refractivity contribution in [2.24, 2.45) is 5.92 Å². The zero-order valence-electron chi connectivity index (χ0n) is 19.8. The number of anilines is 3. The number of imidazole rings is 1. The van der Waals surface area contributed by atoms with Gasteiger partial charge >= 0.3 is 5.69 Å². The largest absolute Gasteiger partial charge is 0.373 e. The van der Waals surface area contributed by atoms with Crippen LogP contribution >= 0.6 is 0 Å². The quantitative estimate of drug-likeness (QED) is 0.356. The summed E-state index contributed by atoms with van der Waals surface area (Å²) in [6.07, 6.45) is 10.9. The molecular formula is C28H33N5O. The van der Waals surface area contributed by atoms with Gasteiger partial charge in [0.1, 0.15) is 0 Å². The molecule has 1 saturated carbocycles. The minimum atomic E-state index is -0.0113. The number of nitrogens with zero attached hydrogens (tertiary/aromatic N) is 3. The van der Waals surface area contributed by atoms with E-state index in [9.17, 15) is 4.79 Å². The molecule has 2 aromatic heterocycles. The van der Waals surface area contributed by atoms with E-state index in [4.69, 9.17) is 0 Å². The molecule has 0 bridgehead atoms. The molecule has 5 rings (SSSR count). The van der Waals surface area contributed by atoms with Crippen molar-refractivity contribution in [1.29, 1.82) is 0 Å². The van der Waals surface area contributed by atoms with Gasteiger partial charge in [0.15, 0.2) is 0 Å². The highest BCUT2D eigenvalue weighted by Gasteiger charge is 2.19. The number of pyridine rings is 1. The normalized spacial score (nSPS) is 14.4. The molecule has 2 aromatic carbocycles. The lowest BCUT2D eigenvalue weighted by Crippen LogP contribution is -2.23. The molecule has 0 radical (unpaired) electrons. The van der Waals surface area contributed by atoms with Gasteiger partial charge in [-0.3, -0.25) is 9.55 Å². The standard InChI is InChI=1S/C28H33N5O/c1-32(17-14-21-12-15-29-16-13-21)26-19-27-25(18-24(26)30-23-10-6-3-7-11-23)31-28(34)33(27)20-22-8-4-2-5-9-22/h3,6-7,10-13,15-16,18-19,22,30H,2,4-5,8-9,14,17,20H2,1H3,(H,31,34). The molecular weight excluding hydrogens is 422 g/mol. The summed E-state index contributed by atoms with van der Waals surface area (Å²) in [6.45, 7) is 1.65. The minimum absolute atomic E-state index is 0.0113. The Morgan fingerprint density at radius 3 is 2.59 bits per heavy atom. The fourth-order valence-corrected chi connectivity index (χ4v) is 5.06. The number of aromatic nitrogens is 3. The Balaban J connectivity index is 1.49. The fourth-order valence-electron chi connectivity index (χ4n) is 5.06. The molecule has 176 valence electrons. The van der Waals surface area contributed by atoms with Crippen molar-refractivity contribution in [3.05, 3.63) is 83.0 Å². The van der Waals surface area contributed by atoms with E-state index in [1.807, 2.05) is 35.2 Å². The molecule has 0 unspecified atom stereocenters. The van der Waals surface area contributed by atoms with E-state index in [1.54, 1.807) is 0 Å². The Morgan fingerprint density at radius 2 is 1.82 bits per heavy atom. The van der Waals surface area contributed by atoms with Crippen LogP contribution in [0.2, 0.25) is 0 Å². The van der Waals surface area contributed by atoms with Crippen LogP contribution in [0.4, 0.5) is 17.1 Å². The number of hydrogen-bond donors (Lipinski definition) is 2. The summed E-state index contributed by atoms with van der Waals surface area (Å²) in [7, 11) is 2.12. The van der Waals surface area contributed by atoms with Crippen LogP contribution in [-0.4, -0.2) is 28.1 Å². The molecule has 0 atom stereocenters. The first-order chi connectivity index (χ1) is 16.7. The van der Waals surface area contributed by atoms with Crippen LogP contribution in [0.25, 0.3) is 11.0 Å². The Bertz CT molecular complexity index is 1270. The predicted octanol–water partition coefficient (Wildman–Crippen LogP) is 5.73. The molecule has 0 spiro atoms. The summed E-state index contributed by atoms with van der Waals surface area (Å²) in [5, 5.41) is 3.57. The van der Waals surface area contributed by atoms with Crippen LogP contribution in [-0.2, 0) is 13.0 Å². The molecule has 1 fully saturated rings. The molecule has 0 aliphatic heterocycles.